The Kier molecular flexibility index (Phi) is 5.96. The fourth-order valence-corrected chi connectivity index (χ4v) is 1.72. The van der Waals surface area contributed by atoms with Gasteiger partial charge in [0, 0.05) is 6.54 Å². The van der Waals surface area contributed by atoms with Crippen LogP contribution in [0.4, 0.5) is 0 Å². The highest BCUT2D eigenvalue weighted by Gasteiger charge is 2.03. The van der Waals surface area contributed by atoms with E-state index in [1.165, 1.54) is 0 Å². The van der Waals surface area contributed by atoms with Crippen LogP contribution in [0.15, 0.2) is 24.3 Å². The number of carbonyl (C=O) groups is 1. The van der Waals surface area contributed by atoms with Gasteiger partial charge in [0.2, 0.25) is 0 Å². The summed E-state index contributed by atoms with van der Waals surface area (Å²) in [6.45, 7) is 2.81. The zero-order valence-electron chi connectivity index (χ0n) is 10.6. The Hall–Kier alpha value is -1.79. The third-order valence-electron chi connectivity index (χ3n) is 2.71. The van der Waals surface area contributed by atoms with Gasteiger partial charge in [-0.15, -0.1) is 6.42 Å². The van der Waals surface area contributed by atoms with Crippen LogP contribution < -0.4 is 5.32 Å². The van der Waals surface area contributed by atoms with Crippen molar-refractivity contribution in [1.82, 2.24) is 5.32 Å². The minimum absolute atomic E-state index is 0.0660. The van der Waals surface area contributed by atoms with Gasteiger partial charge in [-0.2, -0.15) is 0 Å². The molecule has 0 aliphatic heterocycles. The van der Waals surface area contributed by atoms with E-state index < -0.39 is 5.97 Å². The Labute approximate surface area is 108 Å². The van der Waals surface area contributed by atoms with Gasteiger partial charge < -0.3 is 5.11 Å². The van der Waals surface area contributed by atoms with Crippen molar-refractivity contribution in [3.8, 4) is 12.3 Å². The van der Waals surface area contributed by atoms with Crippen LogP contribution in [0.1, 0.15) is 30.9 Å². The van der Waals surface area contributed by atoms with Crippen LogP contribution >= 0.6 is 0 Å². The summed E-state index contributed by atoms with van der Waals surface area (Å²) in [5, 5.41) is 12.0. The average molecular weight is 245 g/mol. The first-order valence-corrected chi connectivity index (χ1v) is 6.14. The molecule has 3 nitrogen and oxygen atoms in total. The van der Waals surface area contributed by atoms with Crippen molar-refractivity contribution in [1.29, 1.82) is 0 Å². The second-order valence-corrected chi connectivity index (χ2v) is 4.28. The predicted molar refractivity (Wildman–Crippen MR) is 72.2 cm³/mol. The van der Waals surface area contributed by atoms with Crippen molar-refractivity contribution in [2.45, 2.75) is 38.8 Å². The molecule has 0 aliphatic rings. The fourth-order valence-electron chi connectivity index (χ4n) is 1.72. The number of carboxylic acid groups (broad SMARTS) is 1. The minimum atomic E-state index is -0.809. The molecule has 0 spiro atoms. The van der Waals surface area contributed by atoms with Gasteiger partial charge in [-0.3, -0.25) is 10.1 Å². The van der Waals surface area contributed by atoms with E-state index in [1.807, 2.05) is 24.3 Å². The van der Waals surface area contributed by atoms with Gasteiger partial charge in [0.15, 0.2) is 0 Å². The molecular formula is C15H19NO2. The first kappa shape index (κ1) is 14.3. The molecule has 0 radical (unpaired) electrons. The van der Waals surface area contributed by atoms with Crippen LogP contribution in [0, 0.1) is 12.3 Å². The summed E-state index contributed by atoms with van der Waals surface area (Å²) < 4.78 is 0. The maximum absolute atomic E-state index is 10.5. The summed E-state index contributed by atoms with van der Waals surface area (Å²) in [5.41, 5.74) is 1.92. The van der Waals surface area contributed by atoms with Crippen molar-refractivity contribution in [2.75, 3.05) is 0 Å². The lowest BCUT2D eigenvalue weighted by Crippen LogP contribution is -2.26. The summed E-state index contributed by atoms with van der Waals surface area (Å²) >= 11 is 0. The van der Waals surface area contributed by atoms with Crippen molar-refractivity contribution >= 4 is 5.97 Å². The number of nitrogens with one attached hydrogen (secondary N) is 1. The SMILES string of the molecule is C#CC(CCC)NCc1ccc(CC(=O)O)cc1. The second-order valence-electron chi connectivity index (χ2n) is 4.28. The number of rotatable bonds is 7. The lowest BCUT2D eigenvalue weighted by molar-refractivity contribution is -0.136. The molecule has 3 heteroatoms. The predicted octanol–water partition coefficient (Wildman–Crippen LogP) is 2.21. The molecule has 1 unspecified atom stereocenters. The number of hydrogen-bond donors (Lipinski definition) is 2. The van der Waals surface area contributed by atoms with Crippen molar-refractivity contribution < 1.29 is 9.90 Å². The largest absolute Gasteiger partial charge is 0.481 e. The monoisotopic (exact) mass is 245 g/mol. The van der Waals surface area contributed by atoms with E-state index >= 15 is 0 Å². The topological polar surface area (TPSA) is 49.3 Å². The molecule has 1 aromatic rings. The van der Waals surface area contributed by atoms with Crippen molar-refractivity contribution in [3.05, 3.63) is 35.4 Å². The molecule has 0 amide bonds. The normalized spacial score (nSPS) is 11.8. The quantitative estimate of drug-likeness (QED) is 0.724. The van der Waals surface area contributed by atoms with Crippen LogP contribution in [0.3, 0.4) is 0 Å². The van der Waals surface area contributed by atoms with Crippen molar-refractivity contribution in [3.63, 3.8) is 0 Å². The number of benzene rings is 1. The van der Waals surface area contributed by atoms with E-state index in [2.05, 4.69) is 18.2 Å². The van der Waals surface area contributed by atoms with Gasteiger partial charge in [-0.1, -0.05) is 43.5 Å². The highest BCUT2D eigenvalue weighted by molar-refractivity contribution is 5.70. The maximum atomic E-state index is 10.5. The molecule has 96 valence electrons. The van der Waals surface area contributed by atoms with Gasteiger partial charge in [0.05, 0.1) is 12.5 Å². The van der Waals surface area contributed by atoms with Gasteiger partial charge in [0.1, 0.15) is 0 Å². The van der Waals surface area contributed by atoms with Gasteiger partial charge in [-0.25, -0.2) is 0 Å². The highest BCUT2D eigenvalue weighted by atomic mass is 16.4. The molecule has 0 saturated heterocycles. The molecule has 0 heterocycles. The molecule has 0 aromatic heterocycles. The summed E-state index contributed by atoms with van der Waals surface area (Å²) in [6.07, 6.45) is 7.51. The third kappa shape index (κ3) is 5.03. The van der Waals surface area contributed by atoms with E-state index in [0.29, 0.717) is 6.54 Å². The summed E-state index contributed by atoms with van der Waals surface area (Å²) in [5.74, 6) is 1.91. The van der Waals surface area contributed by atoms with Crippen LogP contribution in [0.2, 0.25) is 0 Å². The molecule has 18 heavy (non-hydrogen) atoms. The lowest BCUT2D eigenvalue weighted by Gasteiger charge is -2.12. The second kappa shape index (κ2) is 7.52. The maximum Gasteiger partial charge on any atom is 0.307 e. The van der Waals surface area contributed by atoms with E-state index in [0.717, 1.165) is 24.0 Å². The van der Waals surface area contributed by atoms with Crippen LogP contribution in [-0.4, -0.2) is 17.1 Å². The van der Waals surface area contributed by atoms with E-state index in [1.54, 1.807) is 0 Å². The number of carboxylic acids is 1. The number of terminal acetylenes is 1. The Bertz CT molecular complexity index is 417. The molecule has 0 fully saturated rings. The van der Waals surface area contributed by atoms with Gasteiger partial charge in [-0.05, 0) is 17.5 Å². The van der Waals surface area contributed by atoms with Gasteiger partial charge in [0.25, 0.3) is 0 Å². The standard InChI is InChI=1S/C15H19NO2/c1-3-5-14(4-2)16-11-13-8-6-12(7-9-13)10-15(17)18/h2,6-9,14,16H,3,5,10-11H2,1H3,(H,17,18). The van der Waals surface area contributed by atoms with E-state index in [4.69, 9.17) is 11.5 Å². The highest BCUT2D eigenvalue weighted by Crippen LogP contribution is 2.06. The third-order valence-corrected chi connectivity index (χ3v) is 2.71. The zero-order chi connectivity index (χ0) is 13.4. The Morgan fingerprint density at radius 2 is 2.00 bits per heavy atom. The summed E-state index contributed by atoms with van der Waals surface area (Å²) in [4.78, 5) is 10.5. The Morgan fingerprint density at radius 1 is 1.39 bits per heavy atom. The fraction of sp³-hybridized carbons (Fsp3) is 0.400. The minimum Gasteiger partial charge on any atom is -0.481 e. The van der Waals surface area contributed by atoms with Crippen LogP contribution in [0.25, 0.3) is 0 Å². The molecule has 1 atom stereocenters. The van der Waals surface area contributed by atoms with Crippen molar-refractivity contribution in [2.24, 2.45) is 0 Å². The van der Waals surface area contributed by atoms with Gasteiger partial charge >= 0.3 is 5.97 Å². The number of hydrogen-bond acceptors (Lipinski definition) is 2. The first-order chi connectivity index (χ1) is 8.65. The smallest absolute Gasteiger partial charge is 0.307 e. The van der Waals surface area contributed by atoms with E-state index in [-0.39, 0.29) is 12.5 Å². The first-order valence-electron chi connectivity index (χ1n) is 6.14. The Morgan fingerprint density at radius 3 is 2.50 bits per heavy atom. The lowest BCUT2D eigenvalue weighted by atomic mass is 10.1. The zero-order valence-corrected chi connectivity index (χ0v) is 10.6. The molecule has 0 bridgehead atoms. The summed E-state index contributed by atoms with van der Waals surface area (Å²) in [7, 11) is 0. The molecular weight excluding hydrogens is 226 g/mol. The molecule has 0 aliphatic carbocycles. The molecule has 1 rings (SSSR count). The summed E-state index contributed by atoms with van der Waals surface area (Å²) in [6, 6.07) is 7.66. The Balaban J connectivity index is 2.48. The number of aliphatic carboxylic acids is 1. The van der Waals surface area contributed by atoms with Crippen LogP contribution in [-0.2, 0) is 17.8 Å². The van der Waals surface area contributed by atoms with Crippen LogP contribution in [0.5, 0.6) is 0 Å². The average Bonchev–Trinajstić information content (AvgIpc) is 2.35. The molecule has 1 aromatic carbocycles. The molecule has 2 N–H and O–H groups in total. The van der Waals surface area contributed by atoms with E-state index in [9.17, 15) is 4.79 Å². The molecule has 0 saturated carbocycles.